The normalized spacial score (nSPS) is 14.4. The van der Waals surface area contributed by atoms with Crippen LogP contribution in [0.25, 0.3) is 0 Å². The first kappa shape index (κ1) is 15.6. The van der Waals surface area contributed by atoms with Crippen molar-refractivity contribution in [2.75, 3.05) is 13.2 Å². The minimum absolute atomic E-state index is 0.0566. The highest BCUT2D eigenvalue weighted by Gasteiger charge is 2.05. The lowest BCUT2D eigenvalue weighted by molar-refractivity contribution is -0.123. The van der Waals surface area contributed by atoms with E-state index in [0.29, 0.717) is 18.8 Å². The van der Waals surface area contributed by atoms with Gasteiger partial charge in [-0.15, -0.1) is 0 Å². The monoisotopic (exact) mass is 288 g/mol. The molecule has 4 heteroatoms. The lowest BCUT2D eigenvalue weighted by atomic mass is 9.97. The van der Waals surface area contributed by atoms with Crippen molar-refractivity contribution in [2.24, 2.45) is 5.73 Å². The number of ether oxygens (including phenoxy) is 1. The minimum Gasteiger partial charge on any atom is -0.484 e. The van der Waals surface area contributed by atoms with Crippen molar-refractivity contribution in [3.05, 3.63) is 41.5 Å². The number of carbonyl (C=O) groups excluding carboxylic acids is 1. The third-order valence-corrected chi connectivity index (χ3v) is 3.68. The molecule has 0 aromatic heterocycles. The van der Waals surface area contributed by atoms with Crippen LogP contribution in [0.4, 0.5) is 0 Å². The average molecular weight is 288 g/mol. The van der Waals surface area contributed by atoms with E-state index >= 15 is 0 Å². The van der Waals surface area contributed by atoms with Gasteiger partial charge in [-0.2, -0.15) is 0 Å². The number of carbonyl (C=O) groups is 1. The molecule has 21 heavy (non-hydrogen) atoms. The first-order valence-corrected chi connectivity index (χ1v) is 7.64. The molecule has 1 aliphatic carbocycles. The average Bonchev–Trinajstić information content (AvgIpc) is 2.54. The minimum atomic E-state index is -0.0747. The number of amides is 1. The highest BCUT2D eigenvalue weighted by atomic mass is 16.5. The smallest absolute Gasteiger partial charge is 0.257 e. The summed E-state index contributed by atoms with van der Waals surface area (Å²) in [6.45, 7) is 1.26. The van der Waals surface area contributed by atoms with Gasteiger partial charge >= 0.3 is 0 Å². The summed E-state index contributed by atoms with van der Waals surface area (Å²) in [4.78, 5) is 11.7. The van der Waals surface area contributed by atoms with E-state index < -0.39 is 0 Å². The van der Waals surface area contributed by atoms with E-state index in [0.717, 1.165) is 12.0 Å². The second-order valence-corrected chi connectivity index (χ2v) is 5.34. The van der Waals surface area contributed by atoms with Crippen LogP contribution < -0.4 is 15.8 Å². The van der Waals surface area contributed by atoms with Crippen molar-refractivity contribution in [1.29, 1.82) is 0 Å². The van der Waals surface area contributed by atoms with Crippen LogP contribution in [0.2, 0.25) is 0 Å². The molecule has 1 amide bonds. The Balaban J connectivity index is 1.63. The van der Waals surface area contributed by atoms with Crippen LogP contribution in [0, 0.1) is 0 Å². The lowest BCUT2D eigenvalue weighted by Crippen LogP contribution is -2.30. The number of nitrogens with two attached hydrogens (primary N) is 1. The maximum absolute atomic E-state index is 11.7. The van der Waals surface area contributed by atoms with Crippen LogP contribution in [0.3, 0.4) is 0 Å². The predicted molar refractivity (Wildman–Crippen MR) is 84.0 cm³/mol. The van der Waals surface area contributed by atoms with E-state index in [9.17, 15) is 4.79 Å². The largest absolute Gasteiger partial charge is 0.484 e. The van der Waals surface area contributed by atoms with Crippen LogP contribution in [-0.2, 0) is 11.3 Å². The molecule has 0 bridgehead atoms. The fraction of sp³-hybridized carbons (Fsp3) is 0.471. The van der Waals surface area contributed by atoms with E-state index in [1.165, 1.54) is 31.3 Å². The fourth-order valence-corrected chi connectivity index (χ4v) is 2.42. The van der Waals surface area contributed by atoms with Crippen molar-refractivity contribution in [1.82, 2.24) is 5.32 Å². The second kappa shape index (κ2) is 8.47. The molecular formula is C17H24N2O2. The van der Waals surface area contributed by atoms with Gasteiger partial charge in [0.2, 0.25) is 0 Å². The Labute approximate surface area is 126 Å². The van der Waals surface area contributed by atoms with Crippen LogP contribution in [0.15, 0.2) is 35.9 Å². The summed E-state index contributed by atoms with van der Waals surface area (Å²) in [5.74, 6) is 0.617. The lowest BCUT2D eigenvalue weighted by Gasteiger charge is -2.13. The Morgan fingerprint density at radius 3 is 2.71 bits per heavy atom. The van der Waals surface area contributed by atoms with Crippen molar-refractivity contribution in [2.45, 2.75) is 38.6 Å². The number of rotatable bonds is 7. The fourth-order valence-electron chi connectivity index (χ4n) is 2.42. The number of benzene rings is 1. The van der Waals surface area contributed by atoms with Crippen LogP contribution in [0.1, 0.15) is 37.7 Å². The molecule has 0 heterocycles. The molecule has 1 aromatic rings. The number of nitrogens with one attached hydrogen (secondary N) is 1. The molecule has 2 rings (SSSR count). The third kappa shape index (κ3) is 5.60. The maximum Gasteiger partial charge on any atom is 0.257 e. The van der Waals surface area contributed by atoms with Crippen LogP contribution in [-0.4, -0.2) is 19.1 Å². The molecule has 1 aromatic carbocycles. The summed E-state index contributed by atoms with van der Waals surface area (Å²) in [5.41, 5.74) is 8.05. The molecule has 0 unspecified atom stereocenters. The van der Waals surface area contributed by atoms with Gasteiger partial charge in [0.15, 0.2) is 6.61 Å². The molecule has 0 spiro atoms. The van der Waals surface area contributed by atoms with Crippen molar-refractivity contribution in [3.8, 4) is 5.75 Å². The molecule has 0 radical (unpaired) electrons. The van der Waals surface area contributed by atoms with Gasteiger partial charge in [-0.3, -0.25) is 4.79 Å². The SMILES string of the molecule is NCc1ccc(OCC(=O)NCCC2=CCCCC2)cc1. The molecule has 1 aliphatic rings. The summed E-state index contributed by atoms with van der Waals surface area (Å²) in [7, 11) is 0. The Morgan fingerprint density at radius 1 is 1.24 bits per heavy atom. The van der Waals surface area contributed by atoms with Gasteiger partial charge in [0, 0.05) is 13.1 Å². The number of hydrogen-bond acceptors (Lipinski definition) is 3. The molecule has 4 nitrogen and oxygen atoms in total. The first-order chi connectivity index (χ1) is 10.3. The summed E-state index contributed by atoms with van der Waals surface area (Å²) in [5, 5.41) is 2.90. The molecule has 0 aliphatic heterocycles. The standard InChI is InChI=1S/C17H24N2O2/c18-12-15-6-8-16(9-7-15)21-13-17(20)19-11-10-14-4-2-1-3-5-14/h4,6-9H,1-3,5,10-13,18H2,(H,19,20). The summed E-state index contributed by atoms with van der Waals surface area (Å²) in [6, 6.07) is 7.48. The van der Waals surface area contributed by atoms with E-state index in [1.54, 1.807) is 0 Å². The van der Waals surface area contributed by atoms with Gasteiger partial charge in [0.25, 0.3) is 5.91 Å². The summed E-state index contributed by atoms with van der Waals surface area (Å²) >= 11 is 0. The Kier molecular flexibility index (Phi) is 6.28. The zero-order valence-electron chi connectivity index (χ0n) is 12.4. The molecule has 0 saturated carbocycles. The summed E-state index contributed by atoms with van der Waals surface area (Å²) < 4.78 is 5.44. The topological polar surface area (TPSA) is 64.3 Å². The van der Waals surface area contributed by atoms with Crippen LogP contribution >= 0.6 is 0 Å². The van der Waals surface area contributed by atoms with Gasteiger partial charge in [-0.25, -0.2) is 0 Å². The van der Waals surface area contributed by atoms with Gasteiger partial charge in [-0.1, -0.05) is 23.8 Å². The molecule has 0 fully saturated rings. The van der Waals surface area contributed by atoms with E-state index in [2.05, 4.69) is 11.4 Å². The molecule has 3 N–H and O–H groups in total. The van der Waals surface area contributed by atoms with E-state index in [-0.39, 0.29) is 12.5 Å². The van der Waals surface area contributed by atoms with E-state index in [4.69, 9.17) is 10.5 Å². The number of allylic oxidation sites excluding steroid dienone is 1. The highest BCUT2D eigenvalue weighted by molar-refractivity contribution is 5.77. The molecule has 114 valence electrons. The quantitative estimate of drug-likeness (QED) is 0.758. The zero-order chi connectivity index (χ0) is 14.9. The Bertz CT molecular complexity index is 480. The predicted octanol–water partition coefficient (Wildman–Crippen LogP) is 2.53. The zero-order valence-corrected chi connectivity index (χ0v) is 12.4. The molecular weight excluding hydrogens is 264 g/mol. The molecule has 0 atom stereocenters. The van der Waals surface area contributed by atoms with Gasteiger partial charge < -0.3 is 15.8 Å². The molecule has 0 saturated heterocycles. The van der Waals surface area contributed by atoms with Crippen molar-refractivity contribution in [3.63, 3.8) is 0 Å². The summed E-state index contributed by atoms with van der Waals surface area (Å²) in [6.07, 6.45) is 8.21. The van der Waals surface area contributed by atoms with Gasteiger partial charge in [0.1, 0.15) is 5.75 Å². The number of hydrogen-bond donors (Lipinski definition) is 2. The maximum atomic E-state index is 11.7. The van der Waals surface area contributed by atoms with Crippen LogP contribution in [0.5, 0.6) is 5.75 Å². The van der Waals surface area contributed by atoms with Gasteiger partial charge in [-0.05, 0) is 49.8 Å². The Hall–Kier alpha value is -1.81. The van der Waals surface area contributed by atoms with Gasteiger partial charge in [0.05, 0.1) is 0 Å². The van der Waals surface area contributed by atoms with E-state index in [1.807, 2.05) is 24.3 Å². The Morgan fingerprint density at radius 2 is 2.05 bits per heavy atom. The second-order valence-electron chi connectivity index (χ2n) is 5.34. The van der Waals surface area contributed by atoms with Crippen molar-refractivity contribution < 1.29 is 9.53 Å². The first-order valence-electron chi connectivity index (χ1n) is 7.64. The third-order valence-electron chi connectivity index (χ3n) is 3.68. The van der Waals surface area contributed by atoms with Crippen molar-refractivity contribution >= 4 is 5.91 Å². The highest BCUT2D eigenvalue weighted by Crippen LogP contribution is 2.19.